The highest BCUT2D eigenvalue weighted by Gasteiger charge is 2.25. The molecule has 1 aliphatic rings. The number of aliphatic hydroxyl groups excluding tert-OH is 1. The van der Waals surface area contributed by atoms with Gasteiger partial charge in [0.25, 0.3) is 11.8 Å². The van der Waals surface area contributed by atoms with Crippen molar-refractivity contribution in [2.45, 2.75) is 57.9 Å². The first-order valence-corrected chi connectivity index (χ1v) is 9.45. The maximum absolute atomic E-state index is 12.6. The molecule has 0 spiro atoms. The third-order valence-electron chi connectivity index (χ3n) is 4.90. The first kappa shape index (κ1) is 19.4. The fraction of sp³-hybridized carbons (Fsp3) is 0.600. The molecule has 138 valence electrons. The number of hydrogen-bond acceptors (Lipinski definition) is 3. The number of nitrogens with one attached hydrogen (secondary N) is 2. The van der Waals surface area contributed by atoms with Gasteiger partial charge >= 0.3 is 0 Å². The Hall–Kier alpha value is -1.88. The van der Waals surface area contributed by atoms with Gasteiger partial charge in [-0.3, -0.25) is 9.59 Å². The molecule has 0 aromatic heterocycles. The molecule has 1 aliphatic carbocycles. The summed E-state index contributed by atoms with van der Waals surface area (Å²) in [6, 6.07) is 6.81. The van der Waals surface area contributed by atoms with E-state index in [4.69, 9.17) is 0 Å². The Balaban J connectivity index is 2.03. The maximum Gasteiger partial charge on any atom is 0.251 e. The van der Waals surface area contributed by atoms with Crippen molar-refractivity contribution in [2.24, 2.45) is 5.92 Å². The number of carbonyl (C=O) groups is 2. The Labute approximate surface area is 150 Å². The highest BCUT2D eigenvalue weighted by Crippen LogP contribution is 2.28. The molecule has 1 atom stereocenters. The van der Waals surface area contributed by atoms with Gasteiger partial charge in [-0.25, -0.2) is 0 Å². The van der Waals surface area contributed by atoms with Crippen molar-refractivity contribution < 1.29 is 14.7 Å². The summed E-state index contributed by atoms with van der Waals surface area (Å²) in [5, 5.41) is 15.3. The van der Waals surface area contributed by atoms with E-state index in [0.29, 0.717) is 30.0 Å². The molecule has 1 saturated carbocycles. The van der Waals surface area contributed by atoms with Crippen LogP contribution in [0.4, 0.5) is 0 Å². The van der Waals surface area contributed by atoms with Gasteiger partial charge in [-0.05, 0) is 49.8 Å². The molecule has 2 rings (SSSR count). The second-order valence-corrected chi connectivity index (χ2v) is 6.83. The number of amides is 2. The zero-order chi connectivity index (χ0) is 18.1. The predicted octanol–water partition coefficient (Wildman–Crippen LogP) is 2.89. The first-order valence-electron chi connectivity index (χ1n) is 9.45. The van der Waals surface area contributed by atoms with Crippen LogP contribution in [0.25, 0.3) is 0 Å². The molecule has 25 heavy (non-hydrogen) atoms. The van der Waals surface area contributed by atoms with Crippen molar-refractivity contribution in [1.82, 2.24) is 10.6 Å². The molecule has 0 bridgehead atoms. The Morgan fingerprint density at radius 3 is 2.48 bits per heavy atom. The Morgan fingerprint density at radius 1 is 1.16 bits per heavy atom. The first-order chi connectivity index (χ1) is 12.2. The SMILES string of the molecule is CCCNC(=O)c1cccc(C(=O)NC(CCO)C2CCCCC2)c1. The monoisotopic (exact) mass is 346 g/mol. The summed E-state index contributed by atoms with van der Waals surface area (Å²) in [7, 11) is 0. The molecule has 1 aromatic rings. The molecule has 1 aromatic carbocycles. The Bertz CT molecular complexity index is 568. The Morgan fingerprint density at radius 2 is 1.84 bits per heavy atom. The summed E-state index contributed by atoms with van der Waals surface area (Å²) in [5.41, 5.74) is 0.986. The lowest BCUT2D eigenvalue weighted by atomic mass is 9.82. The summed E-state index contributed by atoms with van der Waals surface area (Å²) in [6.07, 6.45) is 7.29. The topological polar surface area (TPSA) is 78.4 Å². The average molecular weight is 346 g/mol. The zero-order valence-electron chi connectivity index (χ0n) is 15.1. The van der Waals surface area contributed by atoms with E-state index in [2.05, 4.69) is 10.6 Å². The van der Waals surface area contributed by atoms with E-state index in [9.17, 15) is 14.7 Å². The fourth-order valence-corrected chi connectivity index (χ4v) is 3.50. The van der Waals surface area contributed by atoms with Crippen LogP contribution in [0.5, 0.6) is 0 Å². The molecule has 0 saturated heterocycles. The minimum atomic E-state index is -0.172. The normalized spacial score (nSPS) is 16.2. The number of hydrogen-bond donors (Lipinski definition) is 3. The van der Waals surface area contributed by atoms with Gasteiger partial charge in [0.05, 0.1) is 0 Å². The lowest BCUT2D eigenvalue weighted by Crippen LogP contribution is -2.41. The summed E-state index contributed by atoms with van der Waals surface area (Å²) in [5.74, 6) is 0.103. The van der Waals surface area contributed by atoms with Crippen LogP contribution in [0, 0.1) is 5.92 Å². The van der Waals surface area contributed by atoms with Gasteiger partial charge in [0.2, 0.25) is 0 Å². The van der Waals surface area contributed by atoms with E-state index >= 15 is 0 Å². The van der Waals surface area contributed by atoms with E-state index < -0.39 is 0 Å². The highest BCUT2D eigenvalue weighted by molar-refractivity contribution is 5.99. The van der Waals surface area contributed by atoms with Crippen LogP contribution in [0.15, 0.2) is 24.3 Å². The van der Waals surface area contributed by atoms with Crippen LogP contribution in [0.1, 0.15) is 72.6 Å². The number of benzene rings is 1. The van der Waals surface area contributed by atoms with E-state index in [1.807, 2.05) is 6.92 Å². The van der Waals surface area contributed by atoms with Crippen LogP contribution in [0.2, 0.25) is 0 Å². The average Bonchev–Trinajstić information content (AvgIpc) is 2.66. The van der Waals surface area contributed by atoms with E-state index in [0.717, 1.165) is 19.3 Å². The molecule has 0 aliphatic heterocycles. The highest BCUT2D eigenvalue weighted by atomic mass is 16.3. The van der Waals surface area contributed by atoms with Crippen molar-refractivity contribution in [1.29, 1.82) is 0 Å². The molecule has 5 nitrogen and oxygen atoms in total. The lowest BCUT2D eigenvalue weighted by molar-refractivity contribution is 0.0899. The van der Waals surface area contributed by atoms with Gasteiger partial charge in [-0.1, -0.05) is 32.3 Å². The van der Waals surface area contributed by atoms with Gasteiger partial charge in [-0.2, -0.15) is 0 Å². The molecular weight excluding hydrogens is 316 g/mol. The Kier molecular flexibility index (Phi) is 7.92. The van der Waals surface area contributed by atoms with Gasteiger partial charge in [0.15, 0.2) is 0 Å². The third-order valence-corrected chi connectivity index (χ3v) is 4.90. The summed E-state index contributed by atoms with van der Waals surface area (Å²) in [4.78, 5) is 24.7. The third kappa shape index (κ3) is 5.85. The minimum absolute atomic E-state index is 0.00428. The van der Waals surface area contributed by atoms with Crippen molar-refractivity contribution >= 4 is 11.8 Å². The van der Waals surface area contributed by atoms with Crippen LogP contribution < -0.4 is 10.6 Å². The number of rotatable bonds is 8. The maximum atomic E-state index is 12.6. The molecule has 0 heterocycles. The molecular formula is C20H30N2O3. The largest absolute Gasteiger partial charge is 0.396 e. The van der Waals surface area contributed by atoms with Gasteiger partial charge in [0, 0.05) is 30.3 Å². The molecule has 3 N–H and O–H groups in total. The van der Waals surface area contributed by atoms with Gasteiger partial charge in [-0.15, -0.1) is 0 Å². The summed E-state index contributed by atoms with van der Waals surface area (Å²) < 4.78 is 0. The molecule has 0 radical (unpaired) electrons. The van der Waals surface area contributed by atoms with Crippen LogP contribution in [0.3, 0.4) is 0 Å². The molecule has 1 fully saturated rings. The van der Waals surface area contributed by atoms with Crippen LogP contribution in [-0.2, 0) is 0 Å². The van der Waals surface area contributed by atoms with Gasteiger partial charge < -0.3 is 15.7 Å². The zero-order valence-corrected chi connectivity index (χ0v) is 15.1. The quantitative estimate of drug-likeness (QED) is 0.677. The lowest BCUT2D eigenvalue weighted by Gasteiger charge is -2.30. The van der Waals surface area contributed by atoms with Crippen molar-refractivity contribution in [3.63, 3.8) is 0 Å². The van der Waals surface area contributed by atoms with E-state index in [-0.39, 0.29) is 24.5 Å². The van der Waals surface area contributed by atoms with Crippen molar-refractivity contribution in [3.05, 3.63) is 35.4 Å². The van der Waals surface area contributed by atoms with Crippen molar-refractivity contribution in [2.75, 3.05) is 13.2 Å². The molecule has 5 heteroatoms. The summed E-state index contributed by atoms with van der Waals surface area (Å²) >= 11 is 0. The van der Waals surface area contributed by atoms with E-state index in [1.165, 1.54) is 19.3 Å². The molecule has 2 amide bonds. The fourth-order valence-electron chi connectivity index (χ4n) is 3.50. The van der Waals surface area contributed by atoms with Crippen molar-refractivity contribution in [3.8, 4) is 0 Å². The summed E-state index contributed by atoms with van der Waals surface area (Å²) in [6.45, 7) is 2.69. The second kappa shape index (κ2) is 10.2. The predicted molar refractivity (Wildman–Crippen MR) is 98.6 cm³/mol. The van der Waals surface area contributed by atoms with Crippen LogP contribution >= 0.6 is 0 Å². The molecule has 1 unspecified atom stereocenters. The van der Waals surface area contributed by atoms with Crippen LogP contribution in [-0.4, -0.2) is 36.1 Å². The number of aliphatic hydroxyl groups is 1. The second-order valence-electron chi connectivity index (χ2n) is 6.83. The van der Waals surface area contributed by atoms with E-state index in [1.54, 1.807) is 24.3 Å². The van der Waals surface area contributed by atoms with Gasteiger partial charge in [0.1, 0.15) is 0 Å². The minimum Gasteiger partial charge on any atom is -0.396 e. The smallest absolute Gasteiger partial charge is 0.251 e. The standard InChI is InChI=1S/C20H30N2O3/c1-2-12-21-19(24)16-9-6-10-17(14-16)20(25)22-18(11-13-23)15-7-4-3-5-8-15/h6,9-10,14-15,18,23H,2-5,7-8,11-13H2,1H3,(H,21,24)(H,22,25). The number of carbonyl (C=O) groups excluding carboxylic acids is 2.